The van der Waals surface area contributed by atoms with Crippen molar-refractivity contribution in [3.8, 4) is 0 Å². The highest BCUT2D eigenvalue weighted by molar-refractivity contribution is 4.46. The van der Waals surface area contributed by atoms with E-state index in [4.69, 9.17) is 19.7 Å². The molecule has 0 aliphatic carbocycles. The summed E-state index contributed by atoms with van der Waals surface area (Å²) < 4.78 is 10.1. The molecule has 0 aromatic heterocycles. The van der Waals surface area contributed by atoms with E-state index in [0.717, 1.165) is 0 Å². The minimum atomic E-state index is -0.0197. The van der Waals surface area contributed by atoms with Gasteiger partial charge in [0.25, 0.3) is 0 Å². The highest BCUT2D eigenvalue weighted by Crippen LogP contribution is 1.90. The molecule has 2 N–H and O–H groups in total. The molecule has 1 unspecified atom stereocenters. The van der Waals surface area contributed by atoms with E-state index < -0.39 is 0 Å². The summed E-state index contributed by atoms with van der Waals surface area (Å²) in [6, 6.07) is 0. The lowest BCUT2D eigenvalue weighted by molar-refractivity contribution is -0.0246. The lowest BCUT2D eigenvalue weighted by Crippen LogP contribution is -2.18. The predicted molar refractivity (Wildman–Crippen MR) is 47.1 cm³/mol. The summed E-state index contributed by atoms with van der Waals surface area (Å²) in [5, 5.41) is 16.7. The van der Waals surface area contributed by atoms with Gasteiger partial charge in [0.15, 0.2) is 0 Å². The fourth-order valence-electron chi connectivity index (χ4n) is 0.616. The van der Waals surface area contributed by atoms with E-state index in [-0.39, 0.29) is 26.7 Å². The Hall–Kier alpha value is -0.160. The van der Waals surface area contributed by atoms with Crippen LogP contribution in [-0.4, -0.2) is 49.4 Å². The van der Waals surface area contributed by atoms with Gasteiger partial charge < -0.3 is 19.7 Å². The van der Waals surface area contributed by atoms with Crippen molar-refractivity contribution in [1.29, 1.82) is 0 Å². The van der Waals surface area contributed by atoms with Gasteiger partial charge in [-0.1, -0.05) is 7.43 Å². The van der Waals surface area contributed by atoms with E-state index in [1.54, 1.807) is 0 Å². The molecule has 0 amide bonds. The summed E-state index contributed by atoms with van der Waals surface area (Å²) in [5.74, 6) is 0. The van der Waals surface area contributed by atoms with Crippen molar-refractivity contribution >= 4 is 0 Å². The van der Waals surface area contributed by atoms with Gasteiger partial charge in [-0.05, 0) is 6.92 Å². The van der Waals surface area contributed by atoms with Crippen molar-refractivity contribution in [3.63, 3.8) is 0 Å². The van der Waals surface area contributed by atoms with Crippen LogP contribution < -0.4 is 0 Å². The first-order valence-corrected chi connectivity index (χ1v) is 3.72. The van der Waals surface area contributed by atoms with Crippen LogP contribution >= 0.6 is 0 Å². The average molecular weight is 180 g/mol. The van der Waals surface area contributed by atoms with Crippen LogP contribution in [0.5, 0.6) is 0 Å². The van der Waals surface area contributed by atoms with Crippen LogP contribution in [0.1, 0.15) is 14.4 Å². The highest BCUT2D eigenvalue weighted by Gasteiger charge is 2.00. The number of hydrogen-bond acceptors (Lipinski definition) is 4. The summed E-state index contributed by atoms with van der Waals surface area (Å²) in [6.07, 6.45) is -0.0197. The summed E-state index contributed by atoms with van der Waals surface area (Å²) >= 11 is 0. The highest BCUT2D eigenvalue weighted by atomic mass is 16.5. The Morgan fingerprint density at radius 2 is 1.75 bits per heavy atom. The van der Waals surface area contributed by atoms with Gasteiger partial charge in [0.05, 0.1) is 39.1 Å². The van der Waals surface area contributed by atoms with E-state index in [1.165, 1.54) is 0 Å². The molecule has 1 atom stereocenters. The van der Waals surface area contributed by atoms with E-state index in [0.29, 0.717) is 19.8 Å². The lowest BCUT2D eigenvalue weighted by Gasteiger charge is -2.11. The van der Waals surface area contributed by atoms with Crippen LogP contribution in [0.15, 0.2) is 0 Å². The van der Waals surface area contributed by atoms with Crippen LogP contribution in [0, 0.1) is 0 Å². The largest absolute Gasteiger partial charge is 0.394 e. The van der Waals surface area contributed by atoms with Gasteiger partial charge in [0.1, 0.15) is 0 Å². The van der Waals surface area contributed by atoms with Crippen molar-refractivity contribution in [2.24, 2.45) is 0 Å². The minimum Gasteiger partial charge on any atom is -0.394 e. The first kappa shape index (κ1) is 14.4. The van der Waals surface area contributed by atoms with Crippen molar-refractivity contribution in [3.05, 3.63) is 0 Å². The molecule has 0 aromatic carbocycles. The predicted octanol–water partition coefficient (Wildman–Crippen LogP) is 0.0288. The number of aliphatic hydroxyl groups is 2. The summed E-state index contributed by atoms with van der Waals surface area (Å²) in [6.45, 7) is 3.06. The molecule has 0 spiro atoms. The number of hydrogen-bond donors (Lipinski definition) is 2. The number of ether oxygens (including phenoxy) is 2. The molecule has 0 saturated carbocycles. The van der Waals surface area contributed by atoms with Crippen molar-refractivity contribution in [2.45, 2.75) is 20.5 Å². The fraction of sp³-hybridized carbons (Fsp3) is 1.00. The Bertz CT molecular complexity index is 77.5. The normalized spacial score (nSPS) is 12.2. The molecule has 4 heteroatoms. The zero-order chi connectivity index (χ0) is 8.53. The van der Waals surface area contributed by atoms with Gasteiger partial charge in [-0.15, -0.1) is 0 Å². The van der Waals surface area contributed by atoms with E-state index in [9.17, 15) is 0 Å². The Morgan fingerprint density at radius 1 is 1.17 bits per heavy atom. The quantitative estimate of drug-likeness (QED) is 0.543. The molecule has 76 valence electrons. The monoisotopic (exact) mass is 180 g/mol. The average Bonchev–Trinajstić information content (AvgIpc) is 2.01. The fourth-order valence-corrected chi connectivity index (χ4v) is 0.616. The van der Waals surface area contributed by atoms with E-state index in [2.05, 4.69) is 0 Å². The first-order valence-electron chi connectivity index (χ1n) is 3.72. The molecule has 0 radical (unpaired) electrons. The minimum absolute atomic E-state index is 0. The Labute approximate surface area is 74.1 Å². The molecule has 0 saturated heterocycles. The van der Waals surface area contributed by atoms with Crippen LogP contribution in [-0.2, 0) is 9.47 Å². The third-order valence-electron chi connectivity index (χ3n) is 1.08. The Balaban J connectivity index is 0. The molecule has 0 fully saturated rings. The molecule has 0 heterocycles. The van der Waals surface area contributed by atoms with Crippen molar-refractivity contribution in [1.82, 2.24) is 0 Å². The summed E-state index contributed by atoms with van der Waals surface area (Å²) in [5.41, 5.74) is 0. The second kappa shape index (κ2) is 10.8. The van der Waals surface area contributed by atoms with Crippen molar-refractivity contribution in [2.75, 3.05) is 33.0 Å². The van der Waals surface area contributed by atoms with Crippen LogP contribution in [0.25, 0.3) is 0 Å². The van der Waals surface area contributed by atoms with Crippen LogP contribution in [0.2, 0.25) is 0 Å². The van der Waals surface area contributed by atoms with Crippen LogP contribution in [0.4, 0.5) is 0 Å². The second-order valence-electron chi connectivity index (χ2n) is 2.20. The standard InChI is InChI=1S/C7H16O4.CH4/c1-7(11-5-3-9)6-10-4-2-8;/h7-9H,2-6H2,1H3;1H4. The Morgan fingerprint density at radius 3 is 2.25 bits per heavy atom. The molecule has 12 heavy (non-hydrogen) atoms. The van der Waals surface area contributed by atoms with E-state index in [1.807, 2.05) is 6.92 Å². The number of rotatable bonds is 7. The molecule has 0 aliphatic rings. The van der Waals surface area contributed by atoms with Gasteiger partial charge >= 0.3 is 0 Å². The second-order valence-corrected chi connectivity index (χ2v) is 2.20. The van der Waals surface area contributed by atoms with E-state index >= 15 is 0 Å². The van der Waals surface area contributed by atoms with Gasteiger partial charge in [-0.25, -0.2) is 0 Å². The Kier molecular flexibility index (Phi) is 13.0. The number of aliphatic hydroxyl groups excluding tert-OH is 2. The SMILES string of the molecule is C.CC(COCCO)OCCO. The molecular formula is C8H20O4. The van der Waals surface area contributed by atoms with Gasteiger partial charge in [0.2, 0.25) is 0 Å². The zero-order valence-electron chi connectivity index (χ0n) is 6.82. The maximum Gasteiger partial charge on any atom is 0.0781 e. The van der Waals surface area contributed by atoms with Gasteiger partial charge in [0, 0.05) is 0 Å². The van der Waals surface area contributed by atoms with Gasteiger partial charge in [-0.2, -0.15) is 0 Å². The third kappa shape index (κ3) is 9.84. The van der Waals surface area contributed by atoms with Gasteiger partial charge in [-0.3, -0.25) is 0 Å². The molecule has 0 rings (SSSR count). The van der Waals surface area contributed by atoms with Crippen molar-refractivity contribution < 1.29 is 19.7 Å². The lowest BCUT2D eigenvalue weighted by atomic mass is 10.4. The maximum absolute atomic E-state index is 8.38. The maximum atomic E-state index is 8.38. The zero-order valence-corrected chi connectivity index (χ0v) is 6.82. The molecule has 0 aliphatic heterocycles. The topological polar surface area (TPSA) is 58.9 Å². The third-order valence-corrected chi connectivity index (χ3v) is 1.08. The molecular weight excluding hydrogens is 160 g/mol. The molecule has 0 aromatic rings. The smallest absolute Gasteiger partial charge is 0.0781 e. The summed E-state index contributed by atoms with van der Waals surface area (Å²) in [4.78, 5) is 0. The summed E-state index contributed by atoms with van der Waals surface area (Å²) in [7, 11) is 0. The van der Waals surface area contributed by atoms with Crippen LogP contribution in [0.3, 0.4) is 0 Å². The molecule has 4 nitrogen and oxygen atoms in total. The molecule has 0 bridgehead atoms. The first-order chi connectivity index (χ1) is 5.31.